The summed E-state index contributed by atoms with van der Waals surface area (Å²) in [5, 5.41) is 7.05. The summed E-state index contributed by atoms with van der Waals surface area (Å²) in [6.07, 6.45) is 2.24. The van der Waals surface area contributed by atoms with Gasteiger partial charge in [0.1, 0.15) is 5.75 Å². The molecule has 1 saturated heterocycles. The zero-order valence-electron chi connectivity index (χ0n) is 20.1. The number of carbonyl (C=O) groups is 3. The molecule has 2 aromatic carbocycles. The van der Waals surface area contributed by atoms with Crippen molar-refractivity contribution in [1.82, 2.24) is 4.90 Å². The van der Waals surface area contributed by atoms with Crippen molar-refractivity contribution < 1.29 is 19.1 Å². The fourth-order valence-electron chi connectivity index (χ4n) is 4.09. The molecule has 1 fully saturated rings. The van der Waals surface area contributed by atoms with Crippen LogP contribution in [0, 0.1) is 0 Å². The van der Waals surface area contributed by atoms with Gasteiger partial charge in [0.15, 0.2) is 0 Å². The van der Waals surface area contributed by atoms with Gasteiger partial charge in [0.25, 0.3) is 0 Å². The number of benzene rings is 2. The Labute approximate surface area is 196 Å². The van der Waals surface area contributed by atoms with Crippen LogP contribution in [-0.4, -0.2) is 50.9 Å². The molecule has 3 rings (SSSR count). The minimum atomic E-state index is -1.84. The number of nitrogens with one attached hydrogen (secondary N) is 2. The number of hydrogen-bond donors (Lipinski definition) is 2. The highest BCUT2D eigenvalue weighted by Crippen LogP contribution is 2.36. The van der Waals surface area contributed by atoms with E-state index in [-0.39, 0.29) is 24.3 Å². The monoisotopic (exact) mass is 467 g/mol. The fraction of sp³-hybridized carbons (Fsp3) is 0.400. The van der Waals surface area contributed by atoms with Crippen molar-refractivity contribution in [3.05, 3.63) is 36.4 Å². The third-order valence-corrected chi connectivity index (χ3v) is 7.76. The zero-order valence-corrected chi connectivity index (χ0v) is 21.1. The molecule has 176 valence electrons. The highest BCUT2D eigenvalue weighted by atomic mass is 28.3. The van der Waals surface area contributed by atoms with Gasteiger partial charge < -0.3 is 20.3 Å². The average molecular weight is 468 g/mol. The first-order valence-corrected chi connectivity index (χ1v) is 14.8. The number of carbonyl (C=O) groups excluding carboxylic acids is 3. The molecule has 0 aliphatic carbocycles. The van der Waals surface area contributed by atoms with Gasteiger partial charge in [0.05, 0.1) is 33.1 Å². The molecule has 0 radical (unpaired) electrons. The van der Waals surface area contributed by atoms with Gasteiger partial charge in [0.2, 0.25) is 17.7 Å². The van der Waals surface area contributed by atoms with E-state index >= 15 is 0 Å². The number of anilines is 2. The van der Waals surface area contributed by atoms with Crippen molar-refractivity contribution in [2.45, 2.75) is 45.8 Å². The van der Waals surface area contributed by atoms with Gasteiger partial charge in [-0.1, -0.05) is 43.0 Å². The minimum Gasteiger partial charge on any atom is -0.497 e. The van der Waals surface area contributed by atoms with Crippen molar-refractivity contribution in [1.29, 1.82) is 0 Å². The van der Waals surface area contributed by atoms with Crippen molar-refractivity contribution in [2.24, 2.45) is 0 Å². The molecule has 0 unspecified atom stereocenters. The first-order chi connectivity index (χ1) is 15.6. The molecule has 0 atom stereocenters. The summed E-state index contributed by atoms with van der Waals surface area (Å²) in [7, 11) is -0.223. The number of piperidine rings is 1. The van der Waals surface area contributed by atoms with Crippen molar-refractivity contribution in [2.75, 3.05) is 30.8 Å². The van der Waals surface area contributed by atoms with Gasteiger partial charge in [-0.2, -0.15) is 0 Å². The highest BCUT2D eigenvalue weighted by molar-refractivity contribution is 6.89. The van der Waals surface area contributed by atoms with Crippen LogP contribution in [0.25, 0.3) is 11.1 Å². The molecule has 0 spiro atoms. The zero-order chi connectivity index (χ0) is 24.2. The summed E-state index contributed by atoms with van der Waals surface area (Å²) < 4.78 is 5.31. The number of amides is 3. The highest BCUT2D eigenvalue weighted by Gasteiger charge is 2.27. The number of nitrogens with zero attached hydrogens (tertiary/aromatic N) is 1. The van der Waals surface area contributed by atoms with Crippen LogP contribution in [0.3, 0.4) is 0 Å². The molecule has 33 heavy (non-hydrogen) atoms. The van der Waals surface area contributed by atoms with E-state index in [1.165, 1.54) is 6.92 Å². The Balaban J connectivity index is 2.09. The van der Waals surface area contributed by atoms with Gasteiger partial charge >= 0.3 is 0 Å². The van der Waals surface area contributed by atoms with Crippen LogP contribution >= 0.6 is 0 Å². The van der Waals surface area contributed by atoms with Crippen LogP contribution in [0.4, 0.5) is 11.4 Å². The molecular weight excluding hydrogens is 434 g/mol. The Bertz CT molecular complexity index is 1040. The van der Waals surface area contributed by atoms with E-state index in [9.17, 15) is 14.4 Å². The Hall–Kier alpha value is -3.13. The standard InChI is InChI=1S/C25H33N3O4Si/c1-17(29)26-20-13-14-21(33(3,4)5)24(18-9-11-19(32-2)12-10-18)25(20)27-22(30)16-28-15-7-6-8-23(28)31/h9-14H,6-8,15-16H2,1-5H3,(H,26,29)(H,27,30). The summed E-state index contributed by atoms with van der Waals surface area (Å²) in [5.41, 5.74) is 2.91. The van der Waals surface area contributed by atoms with Crippen molar-refractivity contribution in [3.8, 4) is 16.9 Å². The predicted octanol–water partition coefficient (Wildman–Crippen LogP) is 3.82. The topological polar surface area (TPSA) is 87.7 Å². The molecule has 8 heteroatoms. The maximum absolute atomic E-state index is 13.1. The Kier molecular flexibility index (Phi) is 7.58. The summed E-state index contributed by atoms with van der Waals surface area (Å²) in [4.78, 5) is 38.8. The Morgan fingerprint density at radius 2 is 1.73 bits per heavy atom. The van der Waals surface area contributed by atoms with Crippen LogP contribution in [-0.2, 0) is 14.4 Å². The maximum atomic E-state index is 13.1. The number of rotatable bonds is 7. The molecule has 3 amide bonds. The molecule has 1 aliphatic rings. The van der Waals surface area contributed by atoms with E-state index in [2.05, 4.69) is 30.3 Å². The largest absolute Gasteiger partial charge is 0.497 e. The summed E-state index contributed by atoms with van der Waals surface area (Å²) in [5.74, 6) is 0.239. The van der Waals surface area contributed by atoms with E-state index in [0.717, 1.165) is 34.9 Å². The van der Waals surface area contributed by atoms with Gasteiger partial charge in [-0.15, -0.1) is 0 Å². The second-order valence-electron chi connectivity index (χ2n) is 9.39. The SMILES string of the molecule is COc1ccc(-c2c([Si](C)(C)C)ccc(NC(C)=O)c2NC(=O)CN2CCCCC2=O)cc1. The first kappa shape index (κ1) is 24.5. The quantitative estimate of drug-likeness (QED) is 0.606. The molecule has 1 aliphatic heterocycles. The van der Waals surface area contributed by atoms with Crippen molar-refractivity contribution >= 4 is 42.4 Å². The van der Waals surface area contributed by atoms with E-state index in [1.54, 1.807) is 12.0 Å². The molecule has 2 aromatic rings. The second-order valence-corrected chi connectivity index (χ2v) is 14.4. The van der Waals surface area contributed by atoms with Crippen LogP contribution in [0.2, 0.25) is 19.6 Å². The number of hydrogen-bond acceptors (Lipinski definition) is 4. The second kappa shape index (κ2) is 10.2. The lowest BCUT2D eigenvalue weighted by molar-refractivity contribution is -0.136. The summed E-state index contributed by atoms with van der Waals surface area (Å²) in [6, 6.07) is 11.6. The first-order valence-electron chi connectivity index (χ1n) is 11.3. The van der Waals surface area contributed by atoms with Crippen LogP contribution in [0.1, 0.15) is 26.2 Å². The molecular formula is C25H33N3O4Si. The molecule has 2 N–H and O–H groups in total. The van der Waals surface area contributed by atoms with Gasteiger partial charge in [-0.3, -0.25) is 14.4 Å². The molecule has 7 nitrogen and oxygen atoms in total. The molecule has 0 bridgehead atoms. The molecule has 0 aromatic heterocycles. The third-order valence-electron chi connectivity index (χ3n) is 5.72. The summed E-state index contributed by atoms with van der Waals surface area (Å²) >= 11 is 0. The predicted molar refractivity (Wildman–Crippen MR) is 135 cm³/mol. The molecule has 1 heterocycles. The van der Waals surface area contributed by atoms with Gasteiger partial charge in [-0.25, -0.2) is 0 Å². The van der Waals surface area contributed by atoms with Crippen molar-refractivity contribution in [3.63, 3.8) is 0 Å². The van der Waals surface area contributed by atoms with E-state index < -0.39 is 8.07 Å². The van der Waals surface area contributed by atoms with E-state index in [0.29, 0.717) is 24.3 Å². The molecule has 0 saturated carbocycles. The third kappa shape index (κ3) is 6.01. The lowest BCUT2D eigenvalue weighted by Gasteiger charge is -2.28. The number of ether oxygens (including phenoxy) is 1. The van der Waals surface area contributed by atoms with Gasteiger partial charge in [-0.05, 0) is 36.6 Å². The van der Waals surface area contributed by atoms with Crippen LogP contribution < -0.4 is 20.6 Å². The minimum absolute atomic E-state index is 0.00241. The fourth-order valence-corrected chi connectivity index (χ4v) is 5.69. The average Bonchev–Trinajstić information content (AvgIpc) is 2.75. The maximum Gasteiger partial charge on any atom is 0.244 e. The lowest BCUT2D eigenvalue weighted by Crippen LogP contribution is -2.42. The summed E-state index contributed by atoms with van der Waals surface area (Å²) in [6.45, 7) is 8.75. The van der Waals surface area contributed by atoms with Crippen LogP contribution in [0.15, 0.2) is 36.4 Å². The lowest BCUT2D eigenvalue weighted by atomic mass is 10.0. The smallest absolute Gasteiger partial charge is 0.244 e. The number of methoxy groups -OCH3 is 1. The van der Waals surface area contributed by atoms with Gasteiger partial charge in [0, 0.05) is 25.5 Å². The normalized spacial score (nSPS) is 14.1. The number of likely N-dealkylation sites (tertiary alicyclic amines) is 1. The Morgan fingerprint density at radius 3 is 2.30 bits per heavy atom. The van der Waals surface area contributed by atoms with E-state index in [1.807, 2.05) is 36.4 Å². The Morgan fingerprint density at radius 1 is 1.03 bits per heavy atom. The van der Waals surface area contributed by atoms with E-state index in [4.69, 9.17) is 4.74 Å². The van der Waals surface area contributed by atoms with Crippen LogP contribution in [0.5, 0.6) is 5.75 Å².